The first-order chi connectivity index (χ1) is 8.78. The molecule has 0 aliphatic heterocycles. The lowest BCUT2D eigenvalue weighted by atomic mass is 9.64. The molecule has 5 heteroatoms. The van der Waals surface area contributed by atoms with Crippen LogP contribution in [0.25, 0.3) is 0 Å². The van der Waals surface area contributed by atoms with Crippen LogP contribution in [0.1, 0.15) is 52.4 Å². The summed E-state index contributed by atoms with van der Waals surface area (Å²) in [5.74, 6) is -1.05. The van der Waals surface area contributed by atoms with E-state index in [1.54, 1.807) is 0 Å². The molecule has 0 aromatic carbocycles. The molecule has 5 nitrogen and oxygen atoms in total. The molecule has 2 aliphatic carbocycles. The molecule has 2 aliphatic rings. The van der Waals surface area contributed by atoms with E-state index in [1.807, 2.05) is 13.8 Å². The maximum atomic E-state index is 12.1. The van der Waals surface area contributed by atoms with Gasteiger partial charge in [-0.25, -0.2) is 0 Å². The highest BCUT2D eigenvalue weighted by Gasteiger charge is 2.49. The lowest BCUT2D eigenvalue weighted by Crippen LogP contribution is -2.61. The molecule has 1 amide bonds. The van der Waals surface area contributed by atoms with Crippen molar-refractivity contribution in [3.8, 4) is 0 Å². The van der Waals surface area contributed by atoms with Crippen LogP contribution in [-0.2, 0) is 9.59 Å². The largest absolute Gasteiger partial charge is 0.481 e. The van der Waals surface area contributed by atoms with E-state index in [9.17, 15) is 19.8 Å². The van der Waals surface area contributed by atoms with E-state index < -0.39 is 17.5 Å². The molecular weight excluding hydrogens is 246 g/mol. The molecule has 0 radical (unpaired) electrons. The third-order valence-corrected chi connectivity index (χ3v) is 5.06. The summed E-state index contributed by atoms with van der Waals surface area (Å²) < 4.78 is 0. The molecule has 3 N–H and O–H groups in total. The Morgan fingerprint density at radius 3 is 2.26 bits per heavy atom. The van der Waals surface area contributed by atoms with Gasteiger partial charge in [0.15, 0.2) is 0 Å². The van der Waals surface area contributed by atoms with Crippen LogP contribution in [0.4, 0.5) is 0 Å². The smallest absolute Gasteiger partial charge is 0.310 e. The molecule has 0 heterocycles. The van der Waals surface area contributed by atoms with Crippen LogP contribution in [-0.4, -0.2) is 34.2 Å². The molecule has 2 unspecified atom stereocenters. The molecular formula is C14H23NO4. The SMILES string of the molecule is CC1(C)C(O)CC1NC(=O)CC1(C(=O)O)CCCC1. The average Bonchev–Trinajstić information content (AvgIpc) is 2.78. The van der Waals surface area contributed by atoms with Crippen molar-refractivity contribution in [1.29, 1.82) is 0 Å². The minimum atomic E-state index is -0.864. The van der Waals surface area contributed by atoms with Crippen LogP contribution in [0.3, 0.4) is 0 Å². The van der Waals surface area contributed by atoms with Crippen molar-refractivity contribution in [2.24, 2.45) is 10.8 Å². The van der Waals surface area contributed by atoms with Gasteiger partial charge in [-0.15, -0.1) is 0 Å². The Kier molecular flexibility index (Phi) is 3.60. The van der Waals surface area contributed by atoms with Crippen LogP contribution in [0.15, 0.2) is 0 Å². The first-order valence-corrected chi connectivity index (χ1v) is 6.99. The van der Waals surface area contributed by atoms with Crippen LogP contribution < -0.4 is 5.32 Å². The van der Waals surface area contributed by atoms with Gasteiger partial charge >= 0.3 is 5.97 Å². The maximum absolute atomic E-state index is 12.1. The summed E-state index contributed by atoms with van der Waals surface area (Å²) in [6.07, 6.45) is 3.17. The molecule has 2 fully saturated rings. The molecule has 0 bridgehead atoms. The second kappa shape index (κ2) is 4.78. The Morgan fingerprint density at radius 2 is 1.84 bits per heavy atom. The van der Waals surface area contributed by atoms with Crippen LogP contribution in [0.2, 0.25) is 0 Å². The highest BCUT2D eigenvalue weighted by atomic mass is 16.4. The fourth-order valence-electron chi connectivity index (χ4n) is 3.22. The van der Waals surface area contributed by atoms with Crippen molar-refractivity contribution in [1.82, 2.24) is 5.32 Å². The Hall–Kier alpha value is -1.10. The lowest BCUT2D eigenvalue weighted by molar-refractivity contribution is -0.152. The highest BCUT2D eigenvalue weighted by molar-refractivity contribution is 5.85. The number of carbonyl (C=O) groups excluding carboxylic acids is 1. The van der Waals surface area contributed by atoms with Gasteiger partial charge < -0.3 is 15.5 Å². The van der Waals surface area contributed by atoms with E-state index in [0.717, 1.165) is 12.8 Å². The molecule has 0 aromatic rings. The third kappa shape index (κ3) is 2.48. The number of amides is 1. The van der Waals surface area contributed by atoms with Gasteiger partial charge in [-0.1, -0.05) is 26.7 Å². The van der Waals surface area contributed by atoms with E-state index >= 15 is 0 Å². The Balaban J connectivity index is 1.93. The quantitative estimate of drug-likeness (QED) is 0.718. The Labute approximate surface area is 113 Å². The Morgan fingerprint density at radius 1 is 1.26 bits per heavy atom. The molecule has 19 heavy (non-hydrogen) atoms. The molecule has 2 saturated carbocycles. The number of hydrogen-bond donors (Lipinski definition) is 3. The maximum Gasteiger partial charge on any atom is 0.310 e. The van der Waals surface area contributed by atoms with Crippen LogP contribution in [0.5, 0.6) is 0 Å². The number of carbonyl (C=O) groups is 2. The fraction of sp³-hybridized carbons (Fsp3) is 0.857. The lowest BCUT2D eigenvalue weighted by Gasteiger charge is -2.49. The van der Waals surface area contributed by atoms with Gasteiger partial charge in [0, 0.05) is 17.9 Å². The van der Waals surface area contributed by atoms with Gasteiger partial charge in [0.1, 0.15) is 0 Å². The standard InChI is InChI=1S/C14H23NO4/c1-13(2)9(7-10(13)16)15-11(17)8-14(12(18)19)5-3-4-6-14/h9-10,16H,3-8H2,1-2H3,(H,15,17)(H,18,19). The summed E-state index contributed by atoms with van der Waals surface area (Å²) in [5, 5.41) is 21.9. The van der Waals surface area contributed by atoms with Crippen molar-refractivity contribution in [2.75, 3.05) is 0 Å². The number of aliphatic carboxylic acids is 1. The number of hydrogen-bond acceptors (Lipinski definition) is 3. The minimum absolute atomic E-state index is 0.0535. The zero-order valence-corrected chi connectivity index (χ0v) is 11.6. The highest BCUT2D eigenvalue weighted by Crippen LogP contribution is 2.43. The van der Waals surface area contributed by atoms with Crippen molar-refractivity contribution in [3.63, 3.8) is 0 Å². The first kappa shape index (κ1) is 14.3. The average molecular weight is 269 g/mol. The fourth-order valence-corrected chi connectivity index (χ4v) is 3.22. The van der Waals surface area contributed by atoms with Crippen molar-refractivity contribution in [3.05, 3.63) is 0 Å². The zero-order chi connectivity index (χ0) is 14.3. The molecule has 0 aromatic heterocycles. The summed E-state index contributed by atoms with van der Waals surface area (Å²) in [5.41, 5.74) is -1.18. The first-order valence-electron chi connectivity index (χ1n) is 6.99. The number of aliphatic hydroxyl groups excluding tert-OH is 1. The van der Waals surface area contributed by atoms with Crippen LogP contribution in [0, 0.1) is 10.8 Å². The number of carboxylic acids is 1. The summed E-state index contributed by atoms with van der Waals surface area (Å²) in [7, 11) is 0. The predicted molar refractivity (Wildman–Crippen MR) is 69.5 cm³/mol. The van der Waals surface area contributed by atoms with Gasteiger partial charge in [-0.2, -0.15) is 0 Å². The minimum Gasteiger partial charge on any atom is -0.481 e. The number of rotatable bonds is 4. The monoisotopic (exact) mass is 269 g/mol. The predicted octanol–water partition coefficient (Wildman–Crippen LogP) is 1.30. The Bertz CT molecular complexity index is 385. The summed E-state index contributed by atoms with van der Waals surface area (Å²) in [6.45, 7) is 3.82. The van der Waals surface area contributed by atoms with E-state index in [4.69, 9.17) is 0 Å². The molecule has 0 spiro atoms. The van der Waals surface area contributed by atoms with Gasteiger partial charge in [-0.05, 0) is 19.3 Å². The molecule has 2 rings (SSSR count). The van der Waals surface area contributed by atoms with Gasteiger partial charge in [0.2, 0.25) is 5.91 Å². The third-order valence-electron chi connectivity index (χ3n) is 5.06. The van der Waals surface area contributed by atoms with E-state index in [0.29, 0.717) is 19.3 Å². The van der Waals surface area contributed by atoms with Crippen molar-refractivity contribution >= 4 is 11.9 Å². The molecule has 0 saturated heterocycles. The van der Waals surface area contributed by atoms with Crippen LogP contribution >= 0.6 is 0 Å². The van der Waals surface area contributed by atoms with Gasteiger partial charge in [0.25, 0.3) is 0 Å². The zero-order valence-electron chi connectivity index (χ0n) is 11.6. The van der Waals surface area contributed by atoms with Crippen molar-refractivity contribution in [2.45, 2.75) is 64.5 Å². The van der Waals surface area contributed by atoms with E-state index in [1.165, 1.54) is 0 Å². The number of nitrogens with one attached hydrogen (secondary N) is 1. The van der Waals surface area contributed by atoms with E-state index in [-0.39, 0.29) is 23.8 Å². The second-order valence-corrected chi connectivity index (χ2v) is 6.66. The topological polar surface area (TPSA) is 86.6 Å². The number of carboxylic acid groups (broad SMARTS) is 1. The summed E-state index contributed by atoms with van der Waals surface area (Å²) in [6, 6.07) is -0.0535. The molecule has 108 valence electrons. The van der Waals surface area contributed by atoms with E-state index in [2.05, 4.69) is 5.32 Å². The number of aliphatic hydroxyl groups is 1. The normalized spacial score (nSPS) is 31.5. The van der Waals surface area contributed by atoms with Gasteiger partial charge in [0.05, 0.1) is 11.5 Å². The molecule has 2 atom stereocenters. The second-order valence-electron chi connectivity index (χ2n) is 6.66. The summed E-state index contributed by atoms with van der Waals surface area (Å²) >= 11 is 0. The van der Waals surface area contributed by atoms with Gasteiger partial charge in [-0.3, -0.25) is 9.59 Å². The van der Waals surface area contributed by atoms with Crippen molar-refractivity contribution < 1.29 is 19.8 Å². The summed E-state index contributed by atoms with van der Waals surface area (Å²) in [4.78, 5) is 23.4.